The van der Waals surface area contributed by atoms with Gasteiger partial charge in [-0.2, -0.15) is 0 Å². The predicted octanol–water partition coefficient (Wildman–Crippen LogP) is 1.33. The van der Waals surface area contributed by atoms with Crippen LogP contribution in [0.2, 0.25) is 0 Å². The minimum absolute atomic E-state index is 0.531. The van der Waals surface area contributed by atoms with Gasteiger partial charge in [-0.25, -0.2) is 0 Å². The van der Waals surface area contributed by atoms with E-state index in [4.69, 9.17) is 6.42 Å². The summed E-state index contributed by atoms with van der Waals surface area (Å²) in [4.78, 5) is 2.50. The van der Waals surface area contributed by atoms with Crippen molar-refractivity contribution in [3.63, 3.8) is 0 Å². The SMILES string of the molecule is C#CCC(C)N1CCNC(C(C)C)C1. The maximum atomic E-state index is 5.34. The first kappa shape index (κ1) is 11.6. The molecule has 2 unspecified atom stereocenters. The van der Waals surface area contributed by atoms with Gasteiger partial charge in [-0.15, -0.1) is 12.3 Å². The van der Waals surface area contributed by atoms with Crippen LogP contribution in [0.1, 0.15) is 27.2 Å². The second kappa shape index (κ2) is 5.38. The van der Waals surface area contributed by atoms with Gasteiger partial charge in [0.15, 0.2) is 0 Å². The number of hydrogen-bond donors (Lipinski definition) is 1. The molecule has 14 heavy (non-hydrogen) atoms. The van der Waals surface area contributed by atoms with Gasteiger partial charge in [0.05, 0.1) is 0 Å². The van der Waals surface area contributed by atoms with E-state index in [0.717, 1.165) is 26.1 Å². The van der Waals surface area contributed by atoms with Crippen molar-refractivity contribution >= 4 is 0 Å². The van der Waals surface area contributed by atoms with Crippen LogP contribution in [0.5, 0.6) is 0 Å². The molecule has 0 aromatic rings. The quantitative estimate of drug-likeness (QED) is 0.682. The third kappa shape index (κ3) is 3.01. The fourth-order valence-electron chi connectivity index (χ4n) is 1.95. The zero-order chi connectivity index (χ0) is 10.6. The first-order valence-electron chi connectivity index (χ1n) is 5.56. The molecule has 80 valence electrons. The second-order valence-corrected chi connectivity index (χ2v) is 4.56. The highest BCUT2D eigenvalue weighted by molar-refractivity contribution is 4.91. The molecule has 1 N–H and O–H groups in total. The minimum Gasteiger partial charge on any atom is -0.311 e. The Balaban J connectivity index is 2.44. The molecule has 0 bridgehead atoms. The summed E-state index contributed by atoms with van der Waals surface area (Å²) in [5.74, 6) is 3.45. The Morgan fingerprint density at radius 2 is 2.21 bits per heavy atom. The lowest BCUT2D eigenvalue weighted by atomic mass is 10.0. The van der Waals surface area contributed by atoms with Gasteiger partial charge in [-0.3, -0.25) is 4.90 Å². The van der Waals surface area contributed by atoms with Gasteiger partial charge in [-0.1, -0.05) is 13.8 Å². The van der Waals surface area contributed by atoms with E-state index in [1.807, 2.05) is 0 Å². The fraction of sp³-hybridized carbons (Fsp3) is 0.833. The lowest BCUT2D eigenvalue weighted by molar-refractivity contribution is 0.136. The summed E-state index contributed by atoms with van der Waals surface area (Å²) in [5, 5.41) is 3.55. The molecular formula is C12H22N2. The number of nitrogens with one attached hydrogen (secondary N) is 1. The predicted molar refractivity (Wildman–Crippen MR) is 61.1 cm³/mol. The summed E-state index contributed by atoms with van der Waals surface area (Å²) in [6.45, 7) is 10.1. The molecule has 1 saturated heterocycles. The summed E-state index contributed by atoms with van der Waals surface area (Å²) in [7, 11) is 0. The number of piperazine rings is 1. The van der Waals surface area contributed by atoms with Gasteiger partial charge >= 0.3 is 0 Å². The van der Waals surface area contributed by atoms with Crippen molar-refractivity contribution < 1.29 is 0 Å². The molecule has 0 amide bonds. The zero-order valence-electron chi connectivity index (χ0n) is 9.59. The van der Waals surface area contributed by atoms with Crippen LogP contribution in [0.4, 0.5) is 0 Å². The van der Waals surface area contributed by atoms with Gasteiger partial charge in [0, 0.05) is 38.1 Å². The van der Waals surface area contributed by atoms with Crippen molar-refractivity contribution in [2.75, 3.05) is 19.6 Å². The van der Waals surface area contributed by atoms with Crippen LogP contribution in [-0.4, -0.2) is 36.6 Å². The smallest absolute Gasteiger partial charge is 0.0240 e. The Hall–Kier alpha value is -0.520. The topological polar surface area (TPSA) is 15.3 Å². The van der Waals surface area contributed by atoms with Crippen molar-refractivity contribution in [3.8, 4) is 12.3 Å². The monoisotopic (exact) mass is 194 g/mol. The number of rotatable bonds is 3. The summed E-state index contributed by atoms with van der Waals surface area (Å²) >= 11 is 0. The standard InChI is InChI=1S/C12H22N2/c1-5-6-11(4)14-8-7-13-12(9-14)10(2)3/h1,10-13H,6-9H2,2-4H3. The highest BCUT2D eigenvalue weighted by Crippen LogP contribution is 2.12. The molecule has 1 fully saturated rings. The maximum absolute atomic E-state index is 5.34. The molecule has 0 spiro atoms. The van der Waals surface area contributed by atoms with E-state index < -0.39 is 0 Å². The van der Waals surface area contributed by atoms with Crippen LogP contribution in [0.3, 0.4) is 0 Å². The van der Waals surface area contributed by atoms with Gasteiger partial charge < -0.3 is 5.32 Å². The van der Waals surface area contributed by atoms with Crippen molar-refractivity contribution in [3.05, 3.63) is 0 Å². The Morgan fingerprint density at radius 1 is 1.50 bits per heavy atom. The summed E-state index contributed by atoms with van der Waals surface area (Å²) in [6.07, 6.45) is 6.20. The van der Waals surface area contributed by atoms with Crippen LogP contribution in [0, 0.1) is 18.3 Å². The van der Waals surface area contributed by atoms with E-state index in [-0.39, 0.29) is 0 Å². The summed E-state index contributed by atoms with van der Waals surface area (Å²) in [6, 6.07) is 1.16. The number of hydrogen-bond acceptors (Lipinski definition) is 2. The number of nitrogens with zero attached hydrogens (tertiary/aromatic N) is 1. The van der Waals surface area contributed by atoms with Crippen molar-refractivity contribution in [2.24, 2.45) is 5.92 Å². The average Bonchev–Trinajstić information content (AvgIpc) is 2.18. The lowest BCUT2D eigenvalue weighted by Gasteiger charge is -2.38. The van der Waals surface area contributed by atoms with Crippen LogP contribution in [0.15, 0.2) is 0 Å². The molecule has 1 aliphatic rings. The first-order valence-corrected chi connectivity index (χ1v) is 5.56. The highest BCUT2D eigenvalue weighted by Gasteiger charge is 2.24. The van der Waals surface area contributed by atoms with Crippen LogP contribution >= 0.6 is 0 Å². The van der Waals surface area contributed by atoms with Gasteiger partial charge in [0.25, 0.3) is 0 Å². The molecule has 1 heterocycles. The van der Waals surface area contributed by atoms with E-state index in [2.05, 4.69) is 36.9 Å². The number of terminal acetylenes is 1. The molecule has 0 radical (unpaired) electrons. The zero-order valence-corrected chi connectivity index (χ0v) is 9.59. The highest BCUT2D eigenvalue weighted by atomic mass is 15.2. The van der Waals surface area contributed by atoms with Gasteiger partial charge in [0.1, 0.15) is 0 Å². The van der Waals surface area contributed by atoms with Crippen molar-refractivity contribution in [1.29, 1.82) is 0 Å². The van der Waals surface area contributed by atoms with E-state index in [9.17, 15) is 0 Å². The van der Waals surface area contributed by atoms with Crippen molar-refractivity contribution in [2.45, 2.75) is 39.3 Å². The maximum Gasteiger partial charge on any atom is 0.0240 e. The van der Waals surface area contributed by atoms with Crippen molar-refractivity contribution in [1.82, 2.24) is 10.2 Å². The van der Waals surface area contributed by atoms with Crippen LogP contribution < -0.4 is 5.32 Å². The Kier molecular flexibility index (Phi) is 4.44. The molecule has 0 saturated carbocycles. The Labute approximate surface area is 88.1 Å². The molecular weight excluding hydrogens is 172 g/mol. The first-order chi connectivity index (χ1) is 6.65. The lowest BCUT2D eigenvalue weighted by Crippen LogP contribution is -2.55. The van der Waals surface area contributed by atoms with Crippen LogP contribution in [0.25, 0.3) is 0 Å². The Bertz CT molecular complexity index is 205. The van der Waals surface area contributed by atoms with Gasteiger partial charge in [-0.05, 0) is 12.8 Å². The third-order valence-corrected chi connectivity index (χ3v) is 3.08. The van der Waals surface area contributed by atoms with Gasteiger partial charge in [0.2, 0.25) is 0 Å². The molecule has 0 aromatic heterocycles. The Morgan fingerprint density at radius 3 is 2.79 bits per heavy atom. The third-order valence-electron chi connectivity index (χ3n) is 3.08. The molecule has 2 heteroatoms. The minimum atomic E-state index is 0.531. The average molecular weight is 194 g/mol. The molecule has 0 aliphatic carbocycles. The van der Waals surface area contributed by atoms with E-state index in [0.29, 0.717) is 18.0 Å². The molecule has 1 aliphatic heterocycles. The van der Waals surface area contributed by atoms with E-state index >= 15 is 0 Å². The fourth-order valence-corrected chi connectivity index (χ4v) is 1.95. The molecule has 2 nitrogen and oxygen atoms in total. The molecule has 0 aromatic carbocycles. The second-order valence-electron chi connectivity index (χ2n) is 4.56. The van der Waals surface area contributed by atoms with Crippen LogP contribution in [-0.2, 0) is 0 Å². The molecule has 1 rings (SSSR count). The summed E-state index contributed by atoms with van der Waals surface area (Å²) in [5.41, 5.74) is 0. The van der Waals surface area contributed by atoms with E-state index in [1.54, 1.807) is 0 Å². The largest absolute Gasteiger partial charge is 0.311 e. The summed E-state index contributed by atoms with van der Waals surface area (Å²) < 4.78 is 0. The van der Waals surface area contributed by atoms with E-state index in [1.165, 1.54) is 0 Å². The molecule has 2 atom stereocenters. The normalized spacial score (nSPS) is 26.1.